The lowest BCUT2D eigenvalue weighted by Gasteiger charge is -2.43. The van der Waals surface area contributed by atoms with Crippen LogP contribution >= 0.6 is 0 Å². The van der Waals surface area contributed by atoms with Crippen LogP contribution in [0.4, 0.5) is 10.2 Å². The zero-order valence-corrected chi connectivity index (χ0v) is 24.5. The van der Waals surface area contributed by atoms with Crippen LogP contribution in [0.15, 0.2) is 30.3 Å². The number of aliphatic carboxylic acids is 1. The number of anilines is 1. The fraction of sp³-hybridized carbons (Fsp3) is 0.636. The summed E-state index contributed by atoms with van der Waals surface area (Å²) in [5.74, 6) is -0.354. The van der Waals surface area contributed by atoms with E-state index in [4.69, 9.17) is 19.2 Å². The Morgan fingerprint density at radius 3 is 2.88 bits per heavy atom. The number of aromatic nitrogens is 1. The highest BCUT2D eigenvalue weighted by atomic mass is 19.1. The van der Waals surface area contributed by atoms with E-state index in [1.165, 1.54) is 17.7 Å². The van der Waals surface area contributed by atoms with Gasteiger partial charge in [0.25, 0.3) is 0 Å². The Morgan fingerprint density at radius 2 is 2.07 bits per heavy atom. The largest absolute Gasteiger partial charge is 0.480 e. The lowest BCUT2D eigenvalue weighted by Crippen LogP contribution is -2.39. The number of pyridine rings is 1. The number of carboxylic acid groups (broad SMARTS) is 1. The predicted molar refractivity (Wildman–Crippen MR) is 157 cm³/mol. The smallest absolute Gasteiger partial charge is 0.325 e. The molecule has 1 spiro atoms. The Balaban J connectivity index is 1.02. The molecule has 8 nitrogen and oxygen atoms in total. The quantitative estimate of drug-likeness (QED) is 0.357. The number of fused-ring (bicyclic) bond motifs is 1. The van der Waals surface area contributed by atoms with E-state index < -0.39 is 17.8 Å². The summed E-state index contributed by atoms with van der Waals surface area (Å²) in [5.41, 5.74) is 3.85. The minimum Gasteiger partial charge on any atom is -0.480 e. The van der Waals surface area contributed by atoms with E-state index in [1.807, 2.05) is 4.90 Å². The van der Waals surface area contributed by atoms with Gasteiger partial charge in [-0.1, -0.05) is 12.1 Å². The van der Waals surface area contributed by atoms with Crippen molar-refractivity contribution in [3.63, 3.8) is 0 Å². The molecule has 0 aliphatic carbocycles. The van der Waals surface area contributed by atoms with E-state index >= 15 is 0 Å². The van der Waals surface area contributed by atoms with Crippen molar-refractivity contribution in [2.45, 2.75) is 82.5 Å². The second-order valence-electron chi connectivity index (χ2n) is 12.5. The Bertz CT molecular complexity index is 1230. The molecule has 2 N–H and O–H groups in total. The van der Waals surface area contributed by atoms with Gasteiger partial charge in [0, 0.05) is 45.1 Å². The molecule has 1 aromatic heterocycles. The van der Waals surface area contributed by atoms with Crippen LogP contribution in [0.2, 0.25) is 0 Å². The highest BCUT2D eigenvalue weighted by Gasteiger charge is 2.41. The number of unbranched alkanes of at least 4 members (excludes halogenated alkanes) is 1. The van der Waals surface area contributed by atoms with Gasteiger partial charge >= 0.3 is 5.97 Å². The molecule has 3 saturated heterocycles. The van der Waals surface area contributed by atoms with Gasteiger partial charge in [-0.05, 0) is 105 Å². The van der Waals surface area contributed by atoms with Crippen LogP contribution in [0.3, 0.4) is 0 Å². The molecular formula is C33H44FN3O5. The molecule has 3 fully saturated rings. The molecule has 9 heteroatoms. The van der Waals surface area contributed by atoms with Crippen molar-refractivity contribution in [1.29, 1.82) is 0 Å². The molecular weight excluding hydrogens is 537 g/mol. The van der Waals surface area contributed by atoms with Gasteiger partial charge in [-0.2, -0.15) is 0 Å². The number of likely N-dealkylation sites (tertiary alicyclic amines) is 1. The minimum atomic E-state index is -0.966. The van der Waals surface area contributed by atoms with Crippen LogP contribution in [-0.4, -0.2) is 73.1 Å². The third-order valence-corrected chi connectivity index (χ3v) is 9.68. The van der Waals surface area contributed by atoms with Gasteiger partial charge in [0.15, 0.2) is 0 Å². The van der Waals surface area contributed by atoms with Crippen molar-refractivity contribution in [2.75, 3.05) is 51.4 Å². The zero-order valence-electron chi connectivity index (χ0n) is 24.5. The summed E-state index contributed by atoms with van der Waals surface area (Å²) in [6.45, 7) is 4.89. The summed E-state index contributed by atoms with van der Waals surface area (Å²) >= 11 is 0. The first-order chi connectivity index (χ1) is 20.5. The van der Waals surface area contributed by atoms with Gasteiger partial charge in [-0.15, -0.1) is 0 Å². The summed E-state index contributed by atoms with van der Waals surface area (Å²) in [7, 11) is 0. The molecule has 42 heavy (non-hydrogen) atoms. The van der Waals surface area contributed by atoms with E-state index in [2.05, 4.69) is 17.4 Å². The van der Waals surface area contributed by atoms with Gasteiger partial charge in [0.1, 0.15) is 17.7 Å². The number of rotatable bonds is 10. The first-order valence-electron chi connectivity index (χ1n) is 15.8. The summed E-state index contributed by atoms with van der Waals surface area (Å²) in [4.78, 5) is 19.3. The molecule has 3 atom stereocenters. The summed E-state index contributed by atoms with van der Waals surface area (Å²) < 4.78 is 32.6. The van der Waals surface area contributed by atoms with Crippen molar-refractivity contribution in [3.8, 4) is 0 Å². The normalized spacial score (nSPS) is 24.7. The Kier molecular flexibility index (Phi) is 9.38. The topological polar surface area (TPSA) is 93.2 Å². The van der Waals surface area contributed by atoms with Crippen LogP contribution < -0.4 is 5.32 Å². The molecule has 0 unspecified atom stereocenters. The van der Waals surface area contributed by atoms with Crippen LogP contribution in [0, 0.1) is 11.2 Å². The van der Waals surface area contributed by atoms with Crippen molar-refractivity contribution in [1.82, 2.24) is 9.88 Å². The molecule has 4 aliphatic rings. The fourth-order valence-corrected chi connectivity index (χ4v) is 7.17. The average molecular weight is 582 g/mol. The number of aryl methyl sites for hydroxylation is 2. The number of nitrogens with zero attached hydrogens (tertiary/aromatic N) is 2. The van der Waals surface area contributed by atoms with Gasteiger partial charge in [-0.3, -0.25) is 9.69 Å². The average Bonchev–Trinajstić information content (AvgIpc) is 3.46. The second kappa shape index (κ2) is 13.4. The van der Waals surface area contributed by atoms with Crippen LogP contribution in [0.5, 0.6) is 0 Å². The highest BCUT2D eigenvalue weighted by molar-refractivity contribution is 5.76. The first kappa shape index (κ1) is 29.5. The molecule has 1 aromatic carbocycles. The second-order valence-corrected chi connectivity index (χ2v) is 12.5. The number of halogens is 1. The van der Waals surface area contributed by atoms with E-state index in [1.54, 1.807) is 6.07 Å². The van der Waals surface area contributed by atoms with Gasteiger partial charge < -0.3 is 24.6 Å². The SMILES string of the molecule is O=C(O)[C@H](c1cc(F)ccc1[C@H]1CCC2(CCOCC2)CO1)N1CC[C@@H](OCCCCc2ccc3c(n2)NCCC3)C1. The molecule has 228 valence electrons. The maximum atomic E-state index is 14.5. The Morgan fingerprint density at radius 1 is 1.19 bits per heavy atom. The maximum absolute atomic E-state index is 14.5. The number of ether oxygens (including phenoxy) is 3. The Hall–Kier alpha value is -2.59. The van der Waals surface area contributed by atoms with Gasteiger partial charge in [-0.25, -0.2) is 9.37 Å². The third-order valence-electron chi connectivity index (χ3n) is 9.68. The summed E-state index contributed by atoms with van der Waals surface area (Å²) in [6, 6.07) is 7.94. The number of hydrogen-bond acceptors (Lipinski definition) is 7. The highest BCUT2D eigenvalue weighted by Crippen LogP contribution is 2.45. The first-order valence-corrected chi connectivity index (χ1v) is 15.8. The number of hydrogen-bond donors (Lipinski definition) is 2. The molecule has 0 radical (unpaired) electrons. The number of benzene rings is 1. The number of carboxylic acids is 1. The van der Waals surface area contributed by atoms with E-state index in [0.29, 0.717) is 31.9 Å². The number of carbonyl (C=O) groups is 1. The fourth-order valence-electron chi connectivity index (χ4n) is 7.17. The molecule has 2 aromatic rings. The summed E-state index contributed by atoms with van der Waals surface area (Å²) in [5, 5.41) is 13.7. The van der Waals surface area contributed by atoms with Crippen molar-refractivity contribution < 1.29 is 28.5 Å². The molecule has 0 saturated carbocycles. The van der Waals surface area contributed by atoms with Crippen molar-refractivity contribution >= 4 is 11.8 Å². The lowest BCUT2D eigenvalue weighted by atomic mass is 9.74. The zero-order chi connectivity index (χ0) is 28.9. The molecule has 0 amide bonds. The van der Waals surface area contributed by atoms with Crippen molar-refractivity contribution in [3.05, 3.63) is 58.5 Å². The van der Waals surface area contributed by atoms with Crippen LogP contribution in [-0.2, 0) is 31.8 Å². The molecule has 5 heterocycles. The predicted octanol–water partition coefficient (Wildman–Crippen LogP) is 5.47. The lowest BCUT2D eigenvalue weighted by molar-refractivity contribution is -0.143. The van der Waals surface area contributed by atoms with Crippen molar-refractivity contribution in [2.24, 2.45) is 5.41 Å². The van der Waals surface area contributed by atoms with E-state index in [0.717, 1.165) is 101 Å². The van der Waals surface area contributed by atoms with Crippen LogP contribution in [0.25, 0.3) is 0 Å². The van der Waals surface area contributed by atoms with E-state index in [9.17, 15) is 14.3 Å². The molecule has 6 rings (SSSR count). The van der Waals surface area contributed by atoms with E-state index in [-0.39, 0.29) is 17.6 Å². The molecule has 4 aliphatic heterocycles. The molecule has 0 bridgehead atoms. The standard InChI is InChI=1S/C33H44FN3O5/c34-24-7-9-27(29-10-12-33(22-42-29)13-18-40-19-14-33)28(20-24)30(32(38)39)37-16-11-26(21-37)41-17-2-1-5-25-8-6-23-4-3-15-35-31(23)36-25/h6-9,20,26,29-30H,1-5,10-19,21-22H2,(H,35,36)(H,38,39)/t26-,29-,30+/m1/s1. The maximum Gasteiger partial charge on any atom is 0.325 e. The number of nitrogens with one attached hydrogen (secondary N) is 1. The Labute approximate surface area is 247 Å². The van der Waals surface area contributed by atoms with Gasteiger partial charge in [0.2, 0.25) is 0 Å². The minimum absolute atomic E-state index is 0.0331. The summed E-state index contributed by atoms with van der Waals surface area (Å²) in [6.07, 6.45) is 9.37. The monoisotopic (exact) mass is 581 g/mol. The third kappa shape index (κ3) is 6.80. The van der Waals surface area contributed by atoms with Crippen LogP contribution in [0.1, 0.15) is 85.9 Å². The van der Waals surface area contributed by atoms with Gasteiger partial charge in [0.05, 0.1) is 18.8 Å².